The number of imidazole rings is 1. The van der Waals surface area contributed by atoms with E-state index in [0.717, 1.165) is 26.8 Å². The minimum Gasteiger partial charge on any atom is -0.302 e. The fourth-order valence-electron chi connectivity index (χ4n) is 2.70. The summed E-state index contributed by atoms with van der Waals surface area (Å²) in [5.74, 6) is 0. The second kappa shape index (κ2) is 5.69. The number of rotatable bonds is 3. The predicted molar refractivity (Wildman–Crippen MR) is 94.1 cm³/mol. The van der Waals surface area contributed by atoms with Gasteiger partial charge in [-0.2, -0.15) is 5.26 Å². The molecule has 0 unspecified atom stereocenters. The fraction of sp³-hybridized carbons (Fsp3) is 0.118. The summed E-state index contributed by atoms with van der Waals surface area (Å²) in [7, 11) is 0. The summed E-state index contributed by atoms with van der Waals surface area (Å²) < 4.78 is 4.23. The molecule has 4 rings (SSSR count). The van der Waals surface area contributed by atoms with E-state index >= 15 is 0 Å². The fourth-order valence-corrected chi connectivity index (χ4v) is 4.23. The van der Waals surface area contributed by atoms with E-state index in [1.165, 1.54) is 4.70 Å². The number of thioether (sulfide) groups is 1. The van der Waals surface area contributed by atoms with Crippen molar-refractivity contribution in [3.05, 3.63) is 59.5 Å². The number of thiazole rings is 1. The van der Waals surface area contributed by atoms with E-state index in [1.54, 1.807) is 23.1 Å². The Morgan fingerprint density at radius 2 is 2.13 bits per heavy atom. The number of nitriles is 1. The molecule has 0 spiro atoms. The van der Waals surface area contributed by atoms with Gasteiger partial charge in [0.05, 0.1) is 15.9 Å². The van der Waals surface area contributed by atoms with Gasteiger partial charge in [0, 0.05) is 12.6 Å². The SMILES string of the molecule is CSc1nc2c(Cc3c(C#N)nc4ccccn34)cccc2s1. The highest BCUT2D eigenvalue weighted by Crippen LogP contribution is 2.31. The molecule has 3 heterocycles. The minimum atomic E-state index is 0.480. The molecule has 0 saturated carbocycles. The third-order valence-corrected chi connectivity index (χ3v) is 5.76. The quantitative estimate of drug-likeness (QED) is 0.528. The molecule has 23 heavy (non-hydrogen) atoms. The maximum atomic E-state index is 9.41. The van der Waals surface area contributed by atoms with E-state index in [9.17, 15) is 5.26 Å². The smallest absolute Gasteiger partial charge is 0.163 e. The molecular weight excluding hydrogens is 324 g/mol. The zero-order chi connectivity index (χ0) is 15.8. The van der Waals surface area contributed by atoms with Gasteiger partial charge < -0.3 is 4.40 Å². The molecule has 0 N–H and O–H groups in total. The van der Waals surface area contributed by atoms with Crippen molar-refractivity contribution in [2.75, 3.05) is 6.26 Å². The predicted octanol–water partition coefficient (Wildman–Crippen LogP) is 4.13. The van der Waals surface area contributed by atoms with Crippen LogP contribution < -0.4 is 0 Å². The van der Waals surface area contributed by atoms with Gasteiger partial charge >= 0.3 is 0 Å². The Labute approximate surface area is 141 Å². The van der Waals surface area contributed by atoms with Gasteiger partial charge in [0.1, 0.15) is 11.7 Å². The number of hydrogen-bond donors (Lipinski definition) is 0. The first kappa shape index (κ1) is 14.2. The molecule has 6 heteroatoms. The first-order valence-corrected chi connectivity index (χ1v) is 9.13. The van der Waals surface area contributed by atoms with Gasteiger partial charge in [-0.25, -0.2) is 9.97 Å². The molecule has 0 saturated heterocycles. The lowest BCUT2D eigenvalue weighted by Crippen LogP contribution is -1.97. The van der Waals surface area contributed by atoms with Gasteiger partial charge in [0.2, 0.25) is 0 Å². The van der Waals surface area contributed by atoms with Crippen molar-refractivity contribution in [1.29, 1.82) is 5.26 Å². The third kappa shape index (κ3) is 2.38. The summed E-state index contributed by atoms with van der Waals surface area (Å²) in [4.78, 5) is 9.12. The Bertz CT molecular complexity index is 1060. The van der Waals surface area contributed by atoms with E-state index in [0.29, 0.717) is 12.1 Å². The molecule has 4 aromatic rings. The number of benzene rings is 1. The second-order valence-electron chi connectivity index (χ2n) is 5.07. The van der Waals surface area contributed by atoms with Crippen LogP contribution in [0.2, 0.25) is 0 Å². The van der Waals surface area contributed by atoms with Crippen molar-refractivity contribution in [2.45, 2.75) is 10.8 Å². The summed E-state index contributed by atoms with van der Waals surface area (Å²) in [6, 6.07) is 14.2. The standard InChI is InChI=1S/C17H12N4S2/c1-22-17-20-16-11(5-4-6-14(16)23-17)9-13-12(10-18)19-15-7-2-3-8-21(13)15/h2-8H,9H2,1H3. The Balaban J connectivity index is 1.88. The van der Waals surface area contributed by atoms with Crippen molar-refractivity contribution < 1.29 is 0 Å². The molecule has 0 amide bonds. The number of nitrogens with zero attached hydrogens (tertiary/aromatic N) is 4. The molecule has 0 aliphatic rings. The van der Waals surface area contributed by atoms with Crippen LogP contribution in [0.4, 0.5) is 0 Å². The van der Waals surface area contributed by atoms with E-state index in [2.05, 4.69) is 29.3 Å². The second-order valence-corrected chi connectivity index (χ2v) is 7.16. The minimum absolute atomic E-state index is 0.480. The van der Waals surface area contributed by atoms with Crippen molar-refractivity contribution in [1.82, 2.24) is 14.4 Å². The molecule has 0 aliphatic heterocycles. The van der Waals surface area contributed by atoms with E-state index in [4.69, 9.17) is 4.98 Å². The number of para-hydroxylation sites is 1. The van der Waals surface area contributed by atoms with Gasteiger partial charge in [-0.15, -0.1) is 11.3 Å². The van der Waals surface area contributed by atoms with E-state index in [1.807, 2.05) is 35.1 Å². The largest absolute Gasteiger partial charge is 0.302 e. The van der Waals surface area contributed by atoms with Crippen molar-refractivity contribution >= 4 is 39.0 Å². The summed E-state index contributed by atoms with van der Waals surface area (Å²) in [5, 5.41) is 9.41. The Kier molecular flexibility index (Phi) is 3.52. The molecule has 0 atom stereocenters. The van der Waals surface area contributed by atoms with Crippen LogP contribution in [0.1, 0.15) is 17.0 Å². The molecule has 0 bridgehead atoms. The molecule has 0 fully saturated rings. The third-order valence-electron chi connectivity index (χ3n) is 3.75. The van der Waals surface area contributed by atoms with Gasteiger partial charge in [0.15, 0.2) is 10.0 Å². The summed E-state index contributed by atoms with van der Waals surface area (Å²) >= 11 is 3.36. The first-order valence-electron chi connectivity index (χ1n) is 7.08. The lowest BCUT2D eigenvalue weighted by atomic mass is 10.1. The average molecular weight is 336 g/mol. The Morgan fingerprint density at radius 1 is 1.22 bits per heavy atom. The van der Waals surface area contributed by atoms with E-state index in [-0.39, 0.29) is 0 Å². The van der Waals surface area contributed by atoms with Crippen molar-refractivity contribution in [2.24, 2.45) is 0 Å². The first-order chi connectivity index (χ1) is 11.3. The van der Waals surface area contributed by atoms with Crippen molar-refractivity contribution in [3.8, 4) is 6.07 Å². The highest BCUT2D eigenvalue weighted by atomic mass is 32.2. The Hall–Kier alpha value is -2.36. The number of pyridine rings is 1. The van der Waals surface area contributed by atoms with E-state index < -0.39 is 0 Å². The van der Waals surface area contributed by atoms with Crippen LogP contribution >= 0.6 is 23.1 Å². The van der Waals surface area contributed by atoms with Crippen LogP contribution in [-0.4, -0.2) is 20.6 Å². The van der Waals surface area contributed by atoms with Gasteiger partial charge in [-0.05, 0) is 30.0 Å². The zero-order valence-corrected chi connectivity index (χ0v) is 14.0. The van der Waals surface area contributed by atoms with Gasteiger partial charge in [-0.3, -0.25) is 0 Å². The number of fused-ring (bicyclic) bond motifs is 2. The molecule has 0 aliphatic carbocycles. The van der Waals surface area contributed by atoms with Crippen LogP contribution in [0.25, 0.3) is 15.9 Å². The maximum absolute atomic E-state index is 9.41. The normalized spacial score (nSPS) is 11.1. The number of aromatic nitrogens is 3. The van der Waals surface area contributed by atoms with Gasteiger partial charge in [-0.1, -0.05) is 30.0 Å². The summed E-state index contributed by atoms with van der Waals surface area (Å²) in [6.07, 6.45) is 4.63. The highest BCUT2D eigenvalue weighted by Gasteiger charge is 2.15. The monoisotopic (exact) mass is 336 g/mol. The van der Waals surface area contributed by atoms with Crippen LogP contribution in [-0.2, 0) is 6.42 Å². The van der Waals surface area contributed by atoms with Crippen molar-refractivity contribution in [3.63, 3.8) is 0 Å². The lowest BCUT2D eigenvalue weighted by Gasteiger charge is -2.04. The average Bonchev–Trinajstić information content (AvgIpc) is 3.16. The highest BCUT2D eigenvalue weighted by molar-refractivity contribution is 8.00. The summed E-state index contributed by atoms with van der Waals surface area (Å²) in [6.45, 7) is 0. The summed E-state index contributed by atoms with van der Waals surface area (Å²) in [5.41, 5.74) is 4.34. The molecule has 3 aromatic heterocycles. The topological polar surface area (TPSA) is 54.0 Å². The van der Waals surface area contributed by atoms with Crippen LogP contribution in [0, 0.1) is 11.3 Å². The maximum Gasteiger partial charge on any atom is 0.163 e. The Morgan fingerprint density at radius 3 is 2.96 bits per heavy atom. The lowest BCUT2D eigenvalue weighted by molar-refractivity contribution is 1.02. The zero-order valence-electron chi connectivity index (χ0n) is 12.4. The molecular formula is C17H12N4S2. The van der Waals surface area contributed by atoms with Gasteiger partial charge in [0.25, 0.3) is 0 Å². The number of hydrogen-bond acceptors (Lipinski definition) is 5. The molecule has 1 aromatic carbocycles. The molecule has 4 nitrogen and oxygen atoms in total. The van der Waals surface area contributed by atoms with Crippen LogP contribution in [0.5, 0.6) is 0 Å². The molecule has 0 radical (unpaired) electrons. The molecule has 112 valence electrons. The van der Waals surface area contributed by atoms with Crippen LogP contribution in [0.15, 0.2) is 46.9 Å². The van der Waals surface area contributed by atoms with Crippen LogP contribution in [0.3, 0.4) is 0 Å².